The molecule has 0 aliphatic carbocycles. The number of carbonyl (C=O) groups is 2. The Morgan fingerprint density at radius 1 is 1.37 bits per heavy atom. The minimum Gasteiger partial charge on any atom is -0.492 e. The van der Waals surface area contributed by atoms with Crippen LogP contribution in [0.5, 0.6) is 5.75 Å². The van der Waals surface area contributed by atoms with E-state index in [-0.39, 0.29) is 22.9 Å². The summed E-state index contributed by atoms with van der Waals surface area (Å²) in [7, 11) is 0. The van der Waals surface area contributed by atoms with Gasteiger partial charge in [0.2, 0.25) is 5.91 Å². The maximum Gasteiger partial charge on any atom is 0.227 e. The maximum atomic E-state index is 11.7. The molecule has 0 saturated heterocycles. The zero-order chi connectivity index (χ0) is 14.4. The SMILES string of the molecule is CCOc1cc(C(=O)CBr)ccc1NC(=O)C(C)C. The summed E-state index contributed by atoms with van der Waals surface area (Å²) in [6.07, 6.45) is 0. The van der Waals surface area contributed by atoms with Gasteiger partial charge in [-0.05, 0) is 25.1 Å². The molecule has 5 heteroatoms. The molecule has 0 radical (unpaired) electrons. The molecular weight excluding hydrogens is 310 g/mol. The normalized spacial score (nSPS) is 10.4. The lowest BCUT2D eigenvalue weighted by atomic mass is 10.1. The summed E-state index contributed by atoms with van der Waals surface area (Å²) in [5.41, 5.74) is 1.15. The Kier molecular flexibility index (Phi) is 6.02. The first-order valence-electron chi connectivity index (χ1n) is 6.16. The van der Waals surface area contributed by atoms with Crippen LogP contribution in [0.15, 0.2) is 18.2 Å². The number of alkyl halides is 1. The molecule has 0 spiro atoms. The molecule has 1 aromatic rings. The van der Waals surface area contributed by atoms with Gasteiger partial charge in [0, 0.05) is 11.5 Å². The number of carbonyl (C=O) groups excluding carboxylic acids is 2. The van der Waals surface area contributed by atoms with E-state index in [1.807, 2.05) is 20.8 Å². The third-order valence-corrected chi connectivity index (χ3v) is 3.02. The molecule has 1 amide bonds. The smallest absolute Gasteiger partial charge is 0.227 e. The molecule has 0 saturated carbocycles. The van der Waals surface area contributed by atoms with Crippen LogP contribution in [-0.2, 0) is 4.79 Å². The zero-order valence-corrected chi connectivity index (χ0v) is 12.9. The molecule has 4 nitrogen and oxygen atoms in total. The number of rotatable bonds is 6. The lowest BCUT2D eigenvalue weighted by Crippen LogP contribution is -2.18. The van der Waals surface area contributed by atoms with Crippen LogP contribution < -0.4 is 10.1 Å². The molecule has 1 N–H and O–H groups in total. The van der Waals surface area contributed by atoms with Gasteiger partial charge in [-0.2, -0.15) is 0 Å². The van der Waals surface area contributed by atoms with Gasteiger partial charge in [-0.25, -0.2) is 0 Å². The second-order valence-corrected chi connectivity index (χ2v) is 4.91. The van der Waals surface area contributed by atoms with Crippen molar-refractivity contribution in [1.82, 2.24) is 0 Å². The quantitative estimate of drug-likeness (QED) is 0.644. The van der Waals surface area contributed by atoms with Gasteiger partial charge in [-0.1, -0.05) is 29.8 Å². The average molecular weight is 328 g/mol. The number of hydrogen-bond donors (Lipinski definition) is 1. The van der Waals surface area contributed by atoms with Crippen molar-refractivity contribution in [3.8, 4) is 5.75 Å². The van der Waals surface area contributed by atoms with Crippen molar-refractivity contribution in [3.05, 3.63) is 23.8 Å². The van der Waals surface area contributed by atoms with Gasteiger partial charge in [-0.3, -0.25) is 9.59 Å². The van der Waals surface area contributed by atoms with E-state index in [1.165, 1.54) is 0 Å². The van der Waals surface area contributed by atoms with Gasteiger partial charge in [0.1, 0.15) is 5.75 Å². The Bertz CT molecular complexity index is 472. The van der Waals surface area contributed by atoms with Gasteiger partial charge >= 0.3 is 0 Å². The van der Waals surface area contributed by atoms with E-state index < -0.39 is 0 Å². The van der Waals surface area contributed by atoms with Gasteiger partial charge in [-0.15, -0.1) is 0 Å². The molecular formula is C14H18BrNO3. The van der Waals surface area contributed by atoms with Crippen LogP contribution in [-0.4, -0.2) is 23.6 Å². The highest BCUT2D eigenvalue weighted by molar-refractivity contribution is 9.09. The maximum absolute atomic E-state index is 11.7. The monoisotopic (exact) mass is 327 g/mol. The summed E-state index contributed by atoms with van der Waals surface area (Å²) in [5, 5.41) is 3.05. The Morgan fingerprint density at radius 3 is 2.58 bits per heavy atom. The molecule has 104 valence electrons. The van der Waals surface area contributed by atoms with E-state index in [9.17, 15) is 9.59 Å². The van der Waals surface area contributed by atoms with E-state index >= 15 is 0 Å². The van der Waals surface area contributed by atoms with E-state index in [0.717, 1.165) is 0 Å². The highest BCUT2D eigenvalue weighted by atomic mass is 79.9. The molecule has 0 bridgehead atoms. The highest BCUT2D eigenvalue weighted by Crippen LogP contribution is 2.27. The summed E-state index contributed by atoms with van der Waals surface area (Å²) in [6, 6.07) is 5.03. The zero-order valence-electron chi connectivity index (χ0n) is 11.3. The van der Waals surface area contributed by atoms with Gasteiger partial charge in [0.05, 0.1) is 17.6 Å². The van der Waals surface area contributed by atoms with E-state index in [2.05, 4.69) is 21.2 Å². The Labute approximate surface area is 121 Å². The molecule has 0 atom stereocenters. The van der Waals surface area contributed by atoms with Crippen molar-refractivity contribution >= 4 is 33.3 Å². The Balaban J connectivity index is 3.04. The van der Waals surface area contributed by atoms with Gasteiger partial charge < -0.3 is 10.1 Å². The molecule has 1 aromatic carbocycles. The fourth-order valence-corrected chi connectivity index (χ4v) is 1.75. The van der Waals surface area contributed by atoms with Crippen molar-refractivity contribution in [2.75, 3.05) is 17.3 Å². The summed E-state index contributed by atoms with van der Waals surface area (Å²) < 4.78 is 5.47. The first kappa shape index (κ1) is 15.7. The third kappa shape index (κ3) is 4.35. The first-order valence-corrected chi connectivity index (χ1v) is 7.28. The summed E-state index contributed by atoms with van der Waals surface area (Å²) in [5.74, 6) is 0.296. The van der Waals surface area contributed by atoms with E-state index in [0.29, 0.717) is 23.6 Å². The molecule has 0 aliphatic rings. The predicted molar refractivity (Wildman–Crippen MR) is 79.2 cm³/mol. The molecule has 1 rings (SSSR count). The average Bonchev–Trinajstić information content (AvgIpc) is 2.39. The number of halogens is 1. The summed E-state index contributed by atoms with van der Waals surface area (Å²) >= 11 is 3.13. The fourth-order valence-electron chi connectivity index (χ4n) is 1.43. The minimum atomic E-state index is -0.113. The van der Waals surface area contributed by atoms with Crippen LogP contribution >= 0.6 is 15.9 Å². The van der Waals surface area contributed by atoms with Crippen LogP contribution in [0.3, 0.4) is 0 Å². The topological polar surface area (TPSA) is 55.4 Å². The lowest BCUT2D eigenvalue weighted by molar-refractivity contribution is -0.118. The molecule has 0 unspecified atom stereocenters. The fraction of sp³-hybridized carbons (Fsp3) is 0.429. The largest absolute Gasteiger partial charge is 0.492 e. The molecule has 0 aliphatic heterocycles. The van der Waals surface area contributed by atoms with Crippen LogP contribution in [0.2, 0.25) is 0 Å². The number of nitrogens with one attached hydrogen (secondary N) is 1. The van der Waals surface area contributed by atoms with Crippen molar-refractivity contribution in [2.45, 2.75) is 20.8 Å². The molecule has 0 aromatic heterocycles. The molecule has 0 fully saturated rings. The van der Waals surface area contributed by atoms with Crippen LogP contribution in [0.4, 0.5) is 5.69 Å². The Morgan fingerprint density at radius 2 is 2.05 bits per heavy atom. The van der Waals surface area contributed by atoms with Crippen molar-refractivity contribution in [3.63, 3.8) is 0 Å². The highest BCUT2D eigenvalue weighted by Gasteiger charge is 2.13. The number of benzene rings is 1. The van der Waals surface area contributed by atoms with Crippen LogP contribution in [0.25, 0.3) is 0 Å². The summed E-state index contributed by atoms with van der Waals surface area (Å²) in [6.45, 7) is 5.96. The van der Waals surface area contributed by atoms with Gasteiger partial charge in [0.25, 0.3) is 0 Å². The van der Waals surface area contributed by atoms with Crippen LogP contribution in [0.1, 0.15) is 31.1 Å². The second-order valence-electron chi connectivity index (χ2n) is 4.34. The number of hydrogen-bond acceptors (Lipinski definition) is 3. The van der Waals surface area contributed by atoms with Crippen LogP contribution in [0, 0.1) is 5.92 Å². The predicted octanol–water partition coefficient (Wildman–Crippen LogP) is 3.26. The molecule has 0 heterocycles. The number of anilines is 1. The third-order valence-electron chi connectivity index (χ3n) is 2.51. The van der Waals surface area contributed by atoms with E-state index in [4.69, 9.17) is 4.74 Å². The van der Waals surface area contributed by atoms with Crippen molar-refractivity contribution in [1.29, 1.82) is 0 Å². The minimum absolute atomic E-state index is 0.0253. The number of Topliss-reactive ketones (excluding diaryl/α,β-unsaturated/α-hetero) is 1. The molecule has 19 heavy (non-hydrogen) atoms. The van der Waals surface area contributed by atoms with Crippen molar-refractivity contribution < 1.29 is 14.3 Å². The number of amides is 1. The lowest BCUT2D eigenvalue weighted by Gasteiger charge is -2.14. The first-order chi connectivity index (χ1) is 8.99. The summed E-state index contributed by atoms with van der Waals surface area (Å²) in [4.78, 5) is 23.3. The standard InChI is InChI=1S/C14H18BrNO3/c1-4-19-13-7-10(12(17)8-15)5-6-11(13)16-14(18)9(2)3/h5-7,9H,4,8H2,1-3H3,(H,16,18). The number of ether oxygens (including phenoxy) is 1. The Hall–Kier alpha value is -1.36. The van der Waals surface area contributed by atoms with Gasteiger partial charge in [0.15, 0.2) is 5.78 Å². The number of ketones is 1. The van der Waals surface area contributed by atoms with E-state index in [1.54, 1.807) is 18.2 Å². The van der Waals surface area contributed by atoms with Crippen molar-refractivity contribution in [2.24, 2.45) is 5.92 Å². The second kappa shape index (κ2) is 7.28.